The topological polar surface area (TPSA) is 156 Å². The van der Waals surface area contributed by atoms with Gasteiger partial charge in [0.25, 0.3) is 0 Å². The number of Topliss-reactive ketones (excluding diaryl/α,β-unsaturated/α-hetero) is 1. The van der Waals surface area contributed by atoms with Gasteiger partial charge >= 0.3 is 0 Å². The fourth-order valence-corrected chi connectivity index (χ4v) is 6.66. The first-order valence-electron chi connectivity index (χ1n) is 12.4. The van der Waals surface area contributed by atoms with Crippen LogP contribution >= 0.6 is 34.7 Å². The van der Waals surface area contributed by atoms with Gasteiger partial charge in [-0.3, -0.25) is 14.5 Å². The zero-order valence-electron chi connectivity index (χ0n) is 22.0. The maximum atomic E-state index is 13.4. The monoisotopic (exact) mass is 609 g/mol. The molecule has 2 aromatic heterocycles. The summed E-state index contributed by atoms with van der Waals surface area (Å²) in [5.74, 6) is 0.245. The number of ether oxygens (including phenoxy) is 2. The fraction of sp³-hybridized carbons (Fsp3) is 0.259. The van der Waals surface area contributed by atoms with Gasteiger partial charge in [0.1, 0.15) is 5.82 Å². The van der Waals surface area contributed by atoms with Crippen LogP contribution in [-0.2, 0) is 9.59 Å². The second kappa shape index (κ2) is 12.2. The summed E-state index contributed by atoms with van der Waals surface area (Å²) in [7, 11) is 3.07. The Morgan fingerprint density at radius 3 is 2.80 bits per heavy atom. The first-order chi connectivity index (χ1) is 19.9. The van der Waals surface area contributed by atoms with Crippen molar-refractivity contribution >= 4 is 57.2 Å². The molecule has 3 aromatic rings. The number of amides is 1. The molecule has 2 aliphatic rings. The van der Waals surface area contributed by atoms with E-state index in [-0.39, 0.29) is 34.0 Å². The Bertz CT molecular complexity index is 1630. The lowest BCUT2D eigenvalue weighted by Crippen LogP contribution is -2.38. The number of aromatic nitrogens is 3. The third-order valence-corrected chi connectivity index (χ3v) is 8.94. The van der Waals surface area contributed by atoms with Crippen LogP contribution in [0.2, 0.25) is 5.15 Å². The SMILES string of the molecule is COc1ccc(C2C(C#N)=C(N)N(c3nnc(SCC(=O)Nc4cccnc4Cl)s3)C3=C2C(=O)CCC3)cc1OC. The average molecular weight is 610 g/mol. The molecule has 5 rings (SSSR count). The van der Waals surface area contributed by atoms with Crippen molar-refractivity contribution in [3.63, 3.8) is 0 Å². The van der Waals surface area contributed by atoms with Crippen molar-refractivity contribution in [3.05, 3.63) is 69.9 Å². The van der Waals surface area contributed by atoms with Gasteiger partial charge in [0.2, 0.25) is 11.0 Å². The smallest absolute Gasteiger partial charge is 0.234 e. The quantitative estimate of drug-likeness (QED) is 0.271. The Morgan fingerprint density at radius 2 is 2.07 bits per heavy atom. The summed E-state index contributed by atoms with van der Waals surface area (Å²) >= 11 is 8.43. The van der Waals surface area contributed by atoms with E-state index in [9.17, 15) is 14.9 Å². The molecule has 210 valence electrons. The van der Waals surface area contributed by atoms with E-state index in [1.807, 2.05) is 6.07 Å². The average Bonchev–Trinajstić information content (AvgIpc) is 3.45. The molecule has 1 atom stereocenters. The summed E-state index contributed by atoms with van der Waals surface area (Å²) in [5, 5.41) is 22.1. The zero-order valence-corrected chi connectivity index (χ0v) is 24.4. The Hall–Kier alpha value is -4.12. The number of carbonyl (C=O) groups is 2. The van der Waals surface area contributed by atoms with Gasteiger partial charge < -0.3 is 20.5 Å². The molecule has 0 saturated heterocycles. The number of anilines is 2. The Labute approximate surface area is 249 Å². The van der Waals surface area contributed by atoms with Crippen LogP contribution in [0.4, 0.5) is 10.8 Å². The lowest BCUT2D eigenvalue weighted by atomic mass is 9.75. The highest BCUT2D eigenvalue weighted by Gasteiger charge is 2.41. The van der Waals surface area contributed by atoms with Gasteiger partial charge in [0.15, 0.2) is 26.8 Å². The molecule has 14 heteroatoms. The van der Waals surface area contributed by atoms with Crippen molar-refractivity contribution in [1.29, 1.82) is 5.26 Å². The van der Waals surface area contributed by atoms with E-state index < -0.39 is 5.92 Å². The molecular weight excluding hydrogens is 586 g/mol. The molecule has 1 aliphatic heterocycles. The molecule has 1 aliphatic carbocycles. The number of halogens is 1. The van der Waals surface area contributed by atoms with Crippen molar-refractivity contribution in [3.8, 4) is 17.6 Å². The molecule has 0 saturated carbocycles. The van der Waals surface area contributed by atoms with Gasteiger partial charge in [-0.15, -0.1) is 10.2 Å². The molecule has 3 N–H and O–H groups in total. The van der Waals surface area contributed by atoms with Crippen LogP contribution in [0.15, 0.2) is 63.5 Å². The molecular formula is C27H24ClN7O4S2. The second-order valence-electron chi connectivity index (χ2n) is 8.96. The summed E-state index contributed by atoms with van der Waals surface area (Å²) < 4.78 is 11.4. The van der Waals surface area contributed by atoms with E-state index in [2.05, 4.69) is 26.6 Å². The number of benzene rings is 1. The standard InChI is InChI=1S/C27H24ClN7O4S2/c1-38-19-9-8-14(11-20(19)39-2)22-15(12-29)25(30)35(17-6-3-7-18(36)23(17)22)26-33-34-27(41-26)40-13-21(37)32-16-5-4-10-31-24(16)28/h4-5,8-11,22H,3,6-7,13,30H2,1-2H3,(H,32,37). The van der Waals surface area contributed by atoms with Gasteiger partial charge in [-0.2, -0.15) is 5.26 Å². The number of ketones is 1. The maximum Gasteiger partial charge on any atom is 0.234 e. The van der Waals surface area contributed by atoms with Gasteiger partial charge in [-0.05, 0) is 42.7 Å². The Balaban J connectivity index is 1.45. The predicted molar refractivity (Wildman–Crippen MR) is 156 cm³/mol. The summed E-state index contributed by atoms with van der Waals surface area (Å²) in [4.78, 5) is 31.4. The minimum Gasteiger partial charge on any atom is -0.493 e. The first kappa shape index (κ1) is 28.4. The zero-order chi connectivity index (χ0) is 29.1. The Morgan fingerprint density at radius 1 is 1.27 bits per heavy atom. The molecule has 3 heterocycles. The molecule has 41 heavy (non-hydrogen) atoms. The van der Waals surface area contributed by atoms with Crippen LogP contribution in [-0.4, -0.2) is 46.8 Å². The third kappa shape index (κ3) is 5.58. The molecule has 0 spiro atoms. The predicted octanol–water partition coefficient (Wildman–Crippen LogP) is 4.64. The molecule has 0 radical (unpaired) electrons. The molecule has 11 nitrogen and oxygen atoms in total. The number of nitrogens with zero attached hydrogens (tertiary/aromatic N) is 5. The fourth-order valence-electron chi connectivity index (χ4n) is 4.81. The van der Waals surface area contributed by atoms with E-state index in [4.69, 9.17) is 26.8 Å². The van der Waals surface area contributed by atoms with E-state index in [1.165, 1.54) is 43.5 Å². The van der Waals surface area contributed by atoms with E-state index >= 15 is 0 Å². The minimum absolute atomic E-state index is 0.0545. The highest BCUT2D eigenvalue weighted by Crippen LogP contribution is 2.48. The van der Waals surface area contributed by atoms with Crippen LogP contribution in [0.25, 0.3) is 0 Å². The first-order valence-corrected chi connectivity index (χ1v) is 14.6. The van der Waals surface area contributed by atoms with Gasteiger partial charge in [0, 0.05) is 23.9 Å². The normalized spacial score (nSPS) is 16.8. The summed E-state index contributed by atoms with van der Waals surface area (Å²) in [5.41, 5.74) is 9.16. The van der Waals surface area contributed by atoms with Gasteiger partial charge in [0.05, 0.1) is 43.2 Å². The second-order valence-corrected chi connectivity index (χ2v) is 11.5. The van der Waals surface area contributed by atoms with E-state index in [0.29, 0.717) is 62.8 Å². The van der Waals surface area contributed by atoms with Crippen LogP contribution in [0, 0.1) is 11.3 Å². The number of rotatable bonds is 8. The van der Waals surface area contributed by atoms with E-state index in [1.54, 1.807) is 29.2 Å². The molecule has 1 unspecified atom stereocenters. The number of nitriles is 1. The lowest BCUT2D eigenvalue weighted by molar-refractivity contribution is -0.116. The number of nitrogens with two attached hydrogens (primary N) is 1. The number of hydrogen-bond donors (Lipinski definition) is 2. The van der Waals surface area contributed by atoms with Crippen LogP contribution in [0.5, 0.6) is 11.5 Å². The van der Waals surface area contributed by atoms with Crippen LogP contribution < -0.4 is 25.4 Å². The summed E-state index contributed by atoms with van der Waals surface area (Å²) in [6.07, 6.45) is 3.10. The van der Waals surface area contributed by atoms with Crippen molar-refractivity contribution in [1.82, 2.24) is 15.2 Å². The summed E-state index contributed by atoms with van der Waals surface area (Å²) in [6.45, 7) is 0. The highest BCUT2D eigenvalue weighted by molar-refractivity contribution is 8.01. The number of methoxy groups -OCH3 is 2. The van der Waals surface area contributed by atoms with E-state index in [0.717, 1.165) is 0 Å². The highest BCUT2D eigenvalue weighted by atomic mass is 35.5. The molecule has 1 aromatic carbocycles. The third-order valence-electron chi connectivity index (χ3n) is 6.60. The minimum atomic E-state index is -0.663. The van der Waals surface area contributed by atoms with Crippen molar-refractivity contribution in [2.75, 3.05) is 30.2 Å². The van der Waals surface area contributed by atoms with Crippen molar-refractivity contribution in [2.45, 2.75) is 29.5 Å². The van der Waals surface area contributed by atoms with Crippen molar-refractivity contribution in [2.24, 2.45) is 5.73 Å². The molecule has 0 bridgehead atoms. The number of carbonyl (C=O) groups excluding carboxylic acids is 2. The number of nitrogens with one attached hydrogen (secondary N) is 1. The van der Waals surface area contributed by atoms with Gasteiger partial charge in [-0.1, -0.05) is 40.8 Å². The lowest BCUT2D eigenvalue weighted by Gasteiger charge is -2.38. The largest absolute Gasteiger partial charge is 0.493 e. The Kier molecular flexibility index (Phi) is 8.44. The van der Waals surface area contributed by atoms with Crippen LogP contribution in [0.1, 0.15) is 30.7 Å². The number of pyridine rings is 1. The summed E-state index contributed by atoms with van der Waals surface area (Å²) in [6, 6.07) is 10.9. The van der Waals surface area contributed by atoms with Gasteiger partial charge in [-0.25, -0.2) is 4.98 Å². The molecule has 1 amide bonds. The number of hydrogen-bond acceptors (Lipinski definition) is 12. The van der Waals surface area contributed by atoms with Crippen molar-refractivity contribution < 1.29 is 19.1 Å². The van der Waals surface area contributed by atoms with Crippen LogP contribution in [0.3, 0.4) is 0 Å². The number of thioether (sulfide) groups is 1. The maximum absolute atomic E-state index is 13.4. The number of allylic oxidation sites excluding steroid dienone is 3. The molecule has 0 fully saturated rings.